The number of hydrogen-bond donors (Lipinski definition) is 0. The van der Waals surface area contributed by atoms with E-state index in [0.717, 1.165) is 22.5 Å². The van der Waals surface area contributed by atoms with E-state index < -0.39 is 9.84 Å². The molecular formula is C17H16N2O2S. The first-order valence-corrected chi connectivity index (χ1v) is 8.75. The van der Waals surface area contributed by atoms with Crippen molar-refractivity contribution in [2.24, 2.45) is 0 Å². The molecule has 0 fully saturated rings. The summed E-state index contributed by atoms with van der Waals surface area (Å²) in [5.74, 6) is 0. The SMILES string of the molecule is Cc1ccncc1-n1cccc1-c1ccc(S(C)(=O)=O)cc1. The summed E-state index contributed by atoms with van der Waals surface area (Å²) in [4.78, 5) is 4.51. The van der Waals surface area contributed by atoms with E-state index in [2.05, 4.69) is 9.55 Å². The van der Waals surface area contributed by atoms with E-state index in [1.54, 1.807) is 18.3 Å². The Morgan fingerprint density at radius 2 is 1.77 bits per heavy atom. The first-order valence-electron chi connectivity index (χ1n) is 6.85. The predicted octanol–water partition coefficient (Wildman–Crippen LogP) is 3.25. The quantitative estimate of drug-likeness (QED) is 0.746. The average Bonchev–Trinajstić information content (AvgIpc) is 2.96. The minimum atomic E-state index is -3.17. The Labute approximate surface area is 130 Å². The third kappa shape index (κ3) is 2.67. The van der Waals surface area contributed by atoms with Crippen LogP contribution in [0.2, 0.25) is 0 Å². The number of sulfone groups is 1. The van der Waals surface area contributed by atoms with Gasteiger partial charge in [-0.1, -0.05) is 12.1 Å². The molecule has 0 spiro atoms. The smallest absolute Gasteiger partial charge is 0.175 e. The molecule has 2 aromatic heterocycles. The Hall–Kier alpha value is -2.40. The van der Waals surface area contributed by atoms with Gasteiger partial charge in [0.2, 0.25) is 0 Å². The van der Waals surface area contributed by atoms with Crippen LogP contribution in [0.3, 0.4) is 0 Å². The van der Waals surface area contributed by atoms with Crippen LogP contribution in [0.5, 0.6) is 0 Å². The first kappa shape index (κ1) is 14.5. The second kappa shape index (κ2) is 5.42. The fourth-order valence-electron chi connectivity index (χ4n) is 2.41. The van der Waals surface area contributed by atoms with Crippen LogP contribution in [0.4, 0.5) is 0 Å². The second-order valence-corrected chi connectivity index (χ2v) is 7.24. The summed E-state index contributed by atoms with van der Waals surface area (Å²) in [5.41, 5.74) is 4.09. The summed E-state index contributed by atoms with van der Waals surface area (Å²) in [6.45, 7) is 2.04. The molecule has 5 heteroatoms. The van der Waals surface area contributed by atoms with Gasteiger partial charge in [0.05, 0.1) is 22.5 Å². The summed E-state index contributed by atoms with van der Waals surface area (Å²) in [6, 6.07) is 12.9. The summed E-state index contributed by atoms with van der Waals surface area (Å²) < 4.78 is 25.2. The normalized spacial score (nSPS) is 11.5. The predicted molar refractivity (Wildman–Crippen MR) is 86.8 cm³/mol. The van der Waals surface area contributed by atoms with Crippen LogP contribution in [0, 0.1) is 6.92 Å². The Morgan fingerprint density at radius 3 is 2.41 bits per heavy atom. The van der Waals surface area contributed by atoms with Crippen molar-refractivity contribution in [2.75, 3.05) is 6.26 Å². The number of aryl methyl sites for hydroxylation is 1. The van der Waals surface area contributed by atoms with E-state index in [9.17, 15) is 8.42 Å². The van der Waals surface area contributed by atoms with E-state index in [1.165, 1.54) is 6.26 Å². The van der Waals surface area contributed by atoms with Gasteiger partial charge >= 0.3 is 0 Å². The number of nitrogens with zero attached hydrogens (tertiary/aromatic N) is 2. The van der Waals surface area contributed by atoms with Gasteiger partial charge in [-0.3, -0.25) is 4.98 Å². The molecular weight excluding hydrogens is 296 g/mol. The van der Waals surface area contributed by atoms with Gasteiger partial charge in [0, 0.05) is 18.6 Å². The van der Waals surface area contributed by atoms with Crippen molar-refractivity contribution in [2.45, 2.75) is 11.8 Å². The summed E-state index contributed by atoms with van der Waals surface area (Å²) in [5, 5.41) is 0. The monoisotopic (exact) mass is 312 g/mol. The zero-order valence-electron chi connectivity index (χ0n) is 12.4. The Morgan fingerprint density at radius 1 is 1.05 bits per heavy atom. The molecule has 0 aliphatic carbocycles. The van der Waals surface area contributed by atoms with Crippen molar-refractivity contribution in [1.82, 2.24) is 9.55 Å². The van der Waals surface area contributed by atoms with Crippen molar-refractivity contribution in [1.29, 1.82) is 0 Å². The fraction of sp³-hybridized carbons (Fsp3) is 0.118. The molecule has 0 bridgehead atoms. The van der Waals surface area contributed by atoms with Crippen LogP contribution in [-0.2, 0) is 9.84 Å². The molecule has 0 aliphatic heterocycles. The molecule has 2 heterocycles. The van der Waals surface area contributed by atoms with Gasteiger partial charge in [-0.15, -0.1) is 0 Å². The largest absolute Gasteiger partial charge is 0.315 e. The summed E-state index contributed by atoms with van der Waals surface area (Å²) in [7, 11) is -3.17. The Balaban J connectivity index is 2.08. The van der Waals surface area contributed by atoms with Gasteiger partial charge in [-0.2, -0.15) is 0 Å². The highest BCUT2D eigenvalue weighted by molar-refractivity contribution is 7.90. The van der Waals surface area contributed by atoms with Crippen LogP contribution in [0.25, 0.3) is 16.9 Å². The van der Waals surface area contributed by atoms with Crippen molar-refractivity contribution in [3.63, 3.8) is 0 Å². The van der Waals surface area contributed by atoms with Gasteiger partial charge in [-0.05, 0) is 48.4 Å². The molecule has 0 aliphatic rings. The maximum Gasteiger partial charge on any atom is 0.175 e. The minimum Gasteiger partial charge on any atom is -0.315 e. The van der Waals surface area contributed by atoms with Gasteiger partial charge in [0.25, 0.3) is 0 Å². The molecule has 3 aromatic rings. The molecule has 0 saturated carbocycles. The van der Waals surface area contributed by atoms with Gasteiger partial charge in [0.1, 0.15) is 0 Å². The number of rotatable bonds is 3. The molecule has 22 heavy (non-hydrogen) atoms. The molecule has 1 aromatic carbocycles. The van der Waals surface area contributed by atoms with Gasteiger partial charge in [0.15, 0.2) is 9.84 Å². The molecule has 112 valence electrons. The maximum absolute atomic E-state index is 11.6. The fourth-order valence-corrected chi connectivity index (χ4v) is 3.04. The highest BCUT2D eigenvalue weighted by atomic mass is 32.2. The molecule has 3 rings (SSSR count). The molecule has 0 unspecified atom stereocenters. The third-order valence-electron chi connectivity index (χ3n) is 3.60. The van der Waals surface area contributed by atoms with Crippen LogP contribution < -0.4 is 0 Å². The number of hydrogen-bond acceptors (Lipinski definition) is 3. The molecule has 0 amide bonds. The zero-order valence-corrected chi connectivity index (χ0v) is 13.2. The van der Waals surface area contributed by atoms with E-state index in [-0.39, 0.29) is 0 Å². The van der Waals surface area contributed by atoms with Gasteiger partial charge < -0.3 is 4.57 Å². The number of pyridine rings is 1. The topological polar surface area (TPSA) is 52.0 Å². The average molecular weight is 312 g/mol. The lowest BCUT2D eigenvalue weighted by atomic mass is 10.1. The standard InChI is InChI=1S/C17H16N2O2S/c1-13-9-10-18-12-17(13)19-11-3-4-16(19)14-5-7-15(8-6-14)22(2,20)21/h3-12H,1-2H3. The van der Waals surface area contributed by atoms with E-state index in [4.69, 9.17) is 0 Å². The second-order valence-electron chi connectivity index (χ2n) is 5.22. The van der Waals surface area contributed by atoms with Crippen LogP contribution in [0.15, 0.2) is 66.0 Å². The number of aromatic nitrogens is 2. The van der Waals surface area contributed by atoms with Crippen LogP contribution in [0.1, 0.15) is 5.56 Å². The third-order valence-corrected chi connectivity index (χ3v) is 4.73. The lowest BCUT2D eigenvalue weighted by molar-refractivity contribution is 0.602. The minimum absolute atomic E-state index is 0.326. The number of benzene rings is 1. The highest BCUT2D eigenvalue weighted by Gasteiger charge is 2.10. The van der Waals surface area contributed by atoms with Crippen molar-refractivity contribution >= 4 is 9.84 Å². The van der Waals surface area contributed by atoms with E-state index in [0.29, 0.717) is 4.90 Å². The lowest BCUT2D eigenvalue weighted by Crippen LogP contribution is -1.99. The molecule has 0 saturated heterocycles. The summed E-state index contributed by atoms with van der Waals surface area (Å²) >= 11 is 0. The van der Waals surface area contributed by atoms with Gasteiger partial charge in [-0.25, -0.2) is 8.42 Å². The van der Waals surface area contributed by atoms with Crippen molar-refractivity contribution < 1.29 is 8.42 Å². The molecule has 0 radical (unpaired) electrons. The maximum atomic E-state index is 11.6. The van der Waals surface area contributed by atoms with Crippen molar-refractivity contribution in [3.05, 3.63) is 66.6 Å². The Kier molecular flexibility index (Phi) is 3.58. The van der Waals surface area contributed by atoms with E-state index in [1.807, 2.05) is 49.6 Å². The van der Waals surface area contributed by atoms with Crippen molar-refractivity contribution in [3.8, 4) is 16.9 Å². The molecule has 4 nitrogen and oxygen atoms in total. The van der Waals surface area contributed by atoms with Crippen LogP contribution in [-0.4, -0.2) is 24.2 Å². The van der Waals surface area contributed by atoms with E-state index >= 15 is 0 Å². The lowest BCUT2D eigenvalue weighted by Gasteiger charge is -2.12. The Bertz CT molecular complexity index is 910. The summed E-state index contributed by atoms with van der Waals surface area (Å²) in [6.07, 6.45) is 6.78. The first-order chi connectivity index (χ1) is 10.5. The molecule has 0 N–H and O–H groups in total. The zero-order chi connectivity index (χ0) is 15.7. The highest BCUT2D eigenvalue weighted by Crippen LogP contribution is 2.26. The molecule has 0 atom stereocenters. The van der Waals surface area contributed by atoms with Crippen LogP contribution >= 0.6 is 0 Å².